The highest BCUT2D eigenvalue weighted by atomic mass is 16.5. The lowest BCUT2D eigenvalue weighted by molar-refractivity contribution is -0.130. The Balaban J connectivity index is 2.73. The fraction of sp³-hybridized carbons (Fsp3) is 0.375. The Labute approximate surface area is 119 Å². The molecule has 4 heteroatoms. The number of phenols is 1. The lowest BCUT2D eigenvalue weighted by atomic mass is 9.88. The zero-order valence-corrected chi connectivity index (χ0v) is 12.3. The maximum atomic E-state index is 11.7. The monoisotopic (exact) mass is 276 g/mol. The smallest absolute Gasteiger partial charge is 0.163 e. The largest absolute Gasteiger partial charge is 0.504 e. The number of carbonyl (C=O) groups is 2. The number of ether oxygens (including phenoxy) is 1. The number of allylic oxidation sites excluding steroid dienone is 1. The predicted molar refractivity (Wildman–Crippen MR) is 77.8 cm³/mol. The number of ketones is 2. The molecule has 0 aliphatic heterocycles. The molecule has 0 fully saturated rings. The van der Waals surface area contributed by atoms with Gasteiger partial charge in [-0.05, 0) is 23.8 Å². The van der Waals surface area contributed by atoms with Crippen LogP contribution in [0.25, 0.3) is 6.08 Å². The molecule has 0 aliphatic carbocycles. The third kappa shape index (κ3) is 4.53. The molecule has 1 N–H and O–H groups in total. The van der Waals surface area contributed by atoms with Crippen LogP contribution in [0.1, 0.15) is 32.8 Å². The molecule has 0 spiro atoms. The highest BCUT2D eigenvalue weighted by Crippen LogP contribution is 2.26. The molecule has 0 aromatic heterocycles. The first-order valence-electron chi connectivity index (χ1n) is 6.35. The fourth-order valence-corrected chi connectivity index (χ4v) is 1.47. The van der Waals surface area contributed by atoms with Gasteiger partial charge >= 0.3 is 0 Å². The Morgan fingerprint density at radius 2 is 1.95 bits per heavy atom. The van der Waals surface area contributed by atoms with Crippen molar-refractivity contribution in [1.82, 2.24) is 0 Å². The molecular weight excluding hydrogens is 256 g/mol. The molecule has 0 unspecified atom stereocenters. The quantitative estimate of drug-likeness (QED) is 0.663. The van der Waals surface area contributed by atoms with Gasteiger partial charge in [-0.3, -0.25) is 9.59 Å². The number of hydrogen-bond donors (Lipinski definition) is 1. The van der Waals surface area contributed by atoms with Gasteiger partial charge in [0.05, 0.1) is 13.5 Å². The summed E-state index contributed by atoms with van der Waals surface area (Å²) in [7, 11) is 1.45. The summed E-state index contributed by atoms with van der Waals surface area (Å²) in [5.41, 5.74) is 0.210. The van der Waals surface area contributed by atoms with Crippen molar-refractivity contribution in [2.75, 3.05) is 7.11 Å². The topological polar surface area (TPSA) is 63.6 Å². The van der Waals surface area contributed by atoms with Crippen LogP contribution in [0.4, 0.5) is 0 Å². The van der Waals surface area contributed by atoms with Gasteiger partial charge in [-0.15, -0.1) is 0 Å². The molecule has 0 amide bonds. The van der Waals surface area contributed by atoms with Gasteiger partial charge in [-0.2, -0.15) is 0 Å². The van der Waals surface area contributed by atoms with Crippen molar-refractivity contribution in [3.8, 4) is 11.5 Å². The minimum Gasteiger partial charge on any atom is -0.504 e. The second-order valence-corrected chi connectivity index (χ2v) is 5.58. The molecule has 0 heterocycles. The summed E-state index contributed by atoms with van der Waals surface area (Å²) in [6.07, 6.45) is 2.87. The Kier molecular flexibility index (Phi) is 5.08. The number of benzene rings is 1. The summed E-state index contributed by atoms with van der Waals surface area (Å²) in [6.45, 7) is 5.37. The van der Waals surface area contributed by atoms with E-state index in [0.717, 1.165) is 5.56 Å². The van der Waals surface area contributed by atoms with E-state index in [-0.39, 0.29) is 23.7 Å². The third-order valence-corrected chi connectivity index (χ3v) is 2.84. The standard InChI is InChI=1S/C16H20O4/c1-16(2,3)15(19)10-12(17)7-5-11-6-8-13(18)14(9-11)20-4/h5-9,18H,10H2,1-4H3/b7-5+. The summed E-state index contributed by atoms with van der Waals surface area (Å²) in [4.78, 5) is 23.4. The van der Waals surface area contributed by atoms with Crippen LogP contribution in [-0.4, -0.2) is 23.8 Å². The first kappa shape index (κ1) is 16.0. The lowest BCUT2D eigenvalue weighted by Gasteiger charge is -2.14. The number of Topliss-reactive ketones (excluding diaryl/α,β-unsaturated/α-hetero) is 1. The van der Waals surface area contributed by atoms with E-state index < -0.39 is 5.41 Å². The molecule has 108 valence electrons. The van der Waals surface area contributed by atoms with Gasteiger partial charge < -0.3 is 9.84 Å². The van der Waals surface area contributed by atoms with Gasteiger partial charge in [0.2, 0.25) is 0 Å². The maximum Gasteiger partial charge on any atom is 0.163 e. The first-order valence-corrected chi connectivity index (χ1v) is 6.35. The summed E-state index contributed by atoms with van der Waals surface area (Å²) in [5.74, 6) is 0.0525. The molecule has 0 aliphatic rings. The van der Waals surface area contributed by atoms with Gasteiger partial charge in [-0.25, -0.2) is 0 Å². The summed E-state index contributed by atoms with van der Waals surface area (Å²) >= 11 is 0. The number of carbonyl (C=O) groups excluding carboxylic acids is 2. The number of rotatable bonds is 5. The highest BCUT2D eigenvalue weighted by Gasteiger charge is 2.22. The molecule has 20 heavy (non-hydrogen) atoms. The van der Waals surface area contributed by atoms with Crippen LogP contribution in [0.5, 0.6) is 11.5 Å². The van der Waals surface area contributed by atoms with Crippen molar-refractivity contribution in [3.05, 3.63) is 29.8 Å². The minimum absolute atomic E-state index is 0.0406. The van der Waals surface area contributed by atoms with E-state index in [4.69, 9.17) is 4.74 Å². The van der Waals surface area contributed by atoms with Crippen LogP contribution in [0.3, 0.4) is 0 Å². The van der Waals surface area contributed by atoms with Gasteiger partial charge in [-0.1, -0.05) is 32.9 Å². The van der Waals surface area contributed by atoms with Crippen LogP contribution in [0.15, 0.2) is 24.3 Å². The molecule has 0 saturated heterocycles. The van der Waals surface area contributed by atoms with Crippen molar-refractivity contribution < 1.29 is 19.4 Å². The Bertz CT molecular complexity index is 536. The molecule has 1 aromatic rings. The molecule has 1 rings (SSSR count). The van der Waals surface area contributed by atoms with Crippen LogP contribution in [-0.2, 0) is 9.59 Å². The second kappa shape index (κ2) is 6.37. The van der Waals surface area contributed by atoms with E-state index in [1.165, 1.54) is 19.3 Å². The minimum atomic E-state index is -0.509. The third-order valence-electron chi connectivity index (χ3n) is 2.84. The number of methoxy groups -OCH3 is 1. The van der Waals surface area contributed by atoms with Crippen molar-refractivity contribution >= 4 is 17.6 Å². The van der Waals surface area contributed by atoms with E-state index in [2.05, 4.69) is 0 Å². The normalized spacial score (nSPS) is 11.6. The Morgan fingerprint density at radius 1 is 1.30 bits per heavy atom. The van der Waals surface area contributed by atoms with E-state index in [1.807, 2.05) is 0 Å². The van der Waals surface area contributed by atoms with Crippen molar-refractivity contribution in [3.63, 3.8) is 0 Å². The molecule has 0 radical (unpaired) electrons. The highest BCUT2D eigenvalue weighted by molar-refractivity contribution is 6.07. The summed E-state index contributed by atoms with van der Waals surface area (Å²) in [5, 5.41) is 9.46. The van der Waals surface area contributed by atoms with E-state index in [9.17, 15) is 14.7 Å². The average Bonchev–Trinajstić information content (AvgIpc) is 2.36. The predicted octanol–water partition coefficient (Wildman–Crippen LogP) is 2.99. The van der Waals surface area contributed by atoms with Gasteiger partial charge in [0.15, 0.2) is 17.3 Å². The first-order chi connectivity index (χ1) is 9.24. The maximum absolute atomic E-state index is 11.7. The molecule has 4 nitrogen and oxygen atoms in total. The number of hydrogen-bond acceptors (Lipinski definition) is 4. The van der Waals surface area contributed by atoms with Crippen molar-refractivity contribution in [2.45, 2.75) is 27.2 Å². The molecule has 1 aromatic carbocycles. The van der Waals surface area contributed by atoms with E-state index in [0.29, 0.717) is 5.75 Å². The lowest BCUT2D eigenvalue weighted by Crippen LogP contribution is -2.22. The van der Waals surface area contributed by atoms with E-state index >= 15 is 0 Å². The summed E-state index contributed by atoms with van der Waals surface area (Å²) in [6, 6.07) is 4.77. The van der Waals surface area contributed by atoms with Gasteiger partial charge in [0.1, 0.15) is 5.78 Å². The SMILES string of the molecule is COc1cc(/C=C/C(=O)CC(=O)C(C)(C)C)ccc1O. The Hall–Kier alpha value is -2.10. The second-order valence-electron chi connectivity index (χ2n) is 5.58. The van der Waals surface area contributed by atoms with Crippen LogP contribution in [0, 0.1) is 5.41 Å². The van der Waals surface area contributed by atoms with Crippen molar-refractivity contribution in [1.29, 1.82) is 0 Å². The zero-order chi connectivity index (χ0) is 15.3. The van der Waals surface area contributed by atoms with Crippen LogP contribution >= 0.6 is 0 Å². The molecule has 0 atom stereocenters. The molecule has 0 bridgehead atoms. The molecule has 0 saturated carbocycles. The average molecular weight is 276 g/mol. The van der Waals surface area contributed by atoms with Gasteiger partial charge in [0, 0.05) is 5.41 Å². The zero-order valence-electron chi connectivity index (χ0n) is 12.3. The van der Waals surface area contributed by atoms with Crippen molar-refractivity contribution in [2.24, 2.45) is 5.41 Å². The van der Waals surface area contributed by atoms with Gasteiger partial charge in [0.25, 0.3) is 0 Å². The summed E-state index contributed by atoms with van der Waals surface area (Å²) < 4.78 is 4.98. The number of aromatic hydroxyl groups is 1. The fourth-order valence-electron chi connectivity index (χ4n) is 1.47. The number of phenolic OH excluding ortho intramolecular Hbond substituents is 1. The molecular formula is C16H20O4. The Morgan fingerprint density at radius 3 is 2.50 bits per heavy atom. The van der Waals surface area contributed by atoms with E-state index in [1.54, 1.807) is 39.0 Å². The van der Waals surface area contributed by atoms with Crippen LogP contribution in [0.2, 0.25) is 0 Å². The van der Waals surface area contributed by atoms with Crippen LogP contribution < -0.4 is 4.74 Å².